The Kier molecular flexibility index (Phi) is 2.97. The van der Waals surface area contributed by atoms with Crippen LogP contribution in [0.3, 0.4) is 0 Å². The van der Waals surface area contributed by atoms with E-state index < -0.39 is 0 Å². The molecule has 0 amide bonds. The van der Waals surface area contributed by atoms with Gasteiger partial charge in [0.25, 0.3) is 0 Å². The smallest absolute Gasteiger partial charge is 0.0693 e. The zero-order chi connectivity index (χ0) is 11.0. The van der Waals surface area contributed by atoms with Crippen LogP contribution < -0.4 is 5.32 Å². The Labute approximate surface area is 98.8 Å². The zero-order valence-electron chi connectivity index (χ0n) is 10.3. The lowest BCUT2D eigenvalue weighted by Crippen LogP contribution is -2.42. The van der Waals surface area contributed by atoms with Gasteiger partial charge in [-0.2, -0.15) is 0 Å². The molecule has 0 saturated heterocycles. The van der Waals surface area contributed by atoms with Gasteiger partial charge in [-0.05, 0) is 49.9 Å². The number of aliphatic hydroxyl groups excluding tert-OH is 1. The molecule has 3 aliphatic carbocycles. The minimum absolute atomic E-state index is 0.0856. The van der Waals surface area contributed by atoms with E-state index in [4.69, 9.17) is 0 Å². The fourth-order valence-electron chi connectivity index (χ4n) is 3.45. The van der Waals surface area contributed by atoms with Crippen LogP contribution in [-0.4, -0.2) is 23.8 Å². The summed E-state index contributed by atoms with van der Waals surface area (Å²) < 4.78 is 0. The molecule has 0 bridgehead atoms. The molecule has 0 radical (unpaired) electrons. The first kappa shape index (κ1) is 11.0. The second kappa shape index (κ2) is 4.30. The van der Waals surface area contributed by atoms with Crippen molar-refractivity contribution in [1.82, 2.24) is 5.32 Å². The highest BCUT2D eigenvalue weighted by Gasteiger charge is 2.53. The van der Waals surface area contributed by atoms with Gasteiger partial charge in [0.2, 0.25) is 0 Å². The van der Waals surface area contributed by atoms with Crippen LogP contribution >= 0.6 is 0 Å². The normalized spacial score (nSPS) is 38.1. The number of aliphatic hydroxyl groups is 1. The summed E-state index contributed by atoms with van der Waals surface area (Å²) in [6, 6.07) is 0.388. The Balaban J connectivity index is 1.49. The van der Waals surface area contributed by atoms with E-state index in [0.717, 1.165) is 12.3 Å². The fourth-order valence-corrected chi connectivity index (χ4v) is 3.45. The molecule has 0 aromatic rings. The van der Waals surface area contributed by atoms with Crippen molar-refractivity contribution >= 4 is 0 Å². The first-order valence-corrected chi connectivity index (χ1v) is 7.22. The molecule has 0 aromatic heterocycles. The second-order valence-electron chi connectivity index (χ2n) is 6.33. The van der Waals surface area contributed by atoms with Crippen molar-refractivity contribution in [2.24, 2.45) is 11.3 Å². The molecule has 3 rings (SSSR count). The molecule has 3 aliphatic rings. The van der Waals surface area contributed by atoms with Crippen LogP contribution in [0, 0.1) is 11.3 Å². The molecule has 16 heavy (non-hydrogen) atoms. The largest absolute Gasteiger partial charge is 0.392 e. The minimum atomic E-state index is -0.0856. The van der Waals surface area contributed by atoms with Crippen LogP contribution in [0.5, 0.6) is 0 Å². The van der Waals surface area contributed by atoms with Gasteiger partial charge >= 0.3 is 0 Å². The van der Waals surface area contributed by atoms with Crippen molar-refractivity contribution < 1.29 is 5.11 Å². The Morgan fingerprint density at radius 1 is 1.00 bits per heavy atom. The summed E-state index contributed by atoms with van der Waals surface area (Å²) in [6.07, 6.45) is 11.7. The van der Waals surface area contributed by atoms with Gasteiger partial charge in [0.05, 0.1) is 6.10 Å². The monoisotopic (exact) mass is 223 g/mol. The van der Waals surface area contributed by atoms with E-state index in [1.54, 1.807) is 0 Å². The second-order valence-corrected chi connectivity index (χ2v) is 6.33. The van der Waals surface area contributed by atoms with E-state index in [1.165, 1.54) is 57.9 Å². The molecule has 2 nitrogen and oxygen atoms in total. The quantitative estimate of drug-likeness (QED) is 0.718. The topological polar surface area (TPSA) is 32.3 Å². The summed E-state index contributed by atoms with van der Waals surface area (Å²) >= 11 is 0. The number of nitrogens with one attached hydrogen (secondary N) is 1. The molecule has 3 fully saturated rings. The summed E-state index contributed by atoms with van der Waals surface area (Å²) in [4.78, 5) is 0. The van der Waals surface area contributed by atoms with Crippen LogP contribution in [-0.2, 0) is 0 Å². The molecule has 0 heterocycles. The molecular formula is C14H25NO. The molecule has 2 unspecified atom stereocenters. The molecule has 92 valence electrons. The highest BCUT2D eigenvalue weighted by Crippen LogP contribution is 2.60. The maximum atomic E-state index is 10.1. The van der Waals surface area contributed by atoms with Gasteiger partial charge in [0, 0.05) is 12.6 Å². The highest BCUT2D eigenvalue weighted by atomic mass is 16.3. The van der Waals surface area contributed by atoms with Gasteiger partial charge in [0.15, 0.2) is 0 Å². The van der Waals surface area contributed by atoms with Gasteiger partial charge in [-0.1, -0.05) is 19.3 Å². The van der Waals surface area contributed by atoms with Crippen molar-refractivity contribution in [3.8, 4) is 0 Å². The van der Waals surface area contributed by atoms with Crippen molar-refractivity contribution in [3.63, 3.8) is 0 Å². The molecule has 0 aromatic carbocycles. The SMILES string of the molecule is OC1CCCCCC1NCC1(C2CC2)CC1. The van der Waals surface area contributed by atoms with Crippen molar-refractivity contribution in [1.29, 1.82) is 0 Å². The fraction of sp³-hybridized carbons (Fsp3) is 1.00. The van der Waals surface area contributed by atoms with Crippen LogP contribution in [0.4, 0.5) is 0 Å². The van der Waals surface area contributed by atoms with Gasteiger partial charge in [-0.3, -0.25) is 0 Å². The minimum Gasteiger partial charge on any atom is -0.392 e. The van der Waals surface area contributed by atoms with E-state index in [2.05, 4.69) is 5.32 Å². The van der Waals surface area contributed by atoms with Gasteiger partial charge < -0.3 is 10.4 Å². The number of rotatable bonds is 4. The standard InChI is InChI=1S/C14H25NO/c16-13-5-3-1-2-4-12(13)15-10-14(8-9-14)11-6-7-11/h11-13,15-16H,1-10H2. The van der Waals surface area contributed by atoms with Gasteiger partial charge in [-0.15, -0.1) is 0 Å². The lowest BCUT2D eigenvalue weighted by Gasteiger charge is -2.25. The van der Waals surface area contributed by atoms with Gasteiger partial charge in [0.1, 0.15) is 0 Å². The third kappa shape index (κ3) is 2.28. The summed E-state index contributed by atoms with van der Waals surface area (Å²) in [7, 11) is 0. The number of hydrogen-bond acceptors (Lipinski definition) is 2. The predicted octanol–water partition coefficient (Wildman–Crippen LogP) is 2.46. The first-order valence-electron chi connectivity index (χ1n) is 7.22. The van der Waals surface area contributed by atoms with Crippen molar-refractivity contribution in [3.05, 3.63) is 0 Å². The average Bonchev–Trinajstić information content (AvgIpc) is 3.14. The van der Waals surface area contributed by atoms with Crippen molar-refractivity contribution in [2.75, 3.05) is 6.54 Å². The molecule has 2 N–H and O–H groups in total. The predicted molar refractivity (Wildman–Crippen MR) is 65.3 cm³/mol. The highest BCUT2D eigenvalue weighted by molar-refractivity contribution is 5.05. The lowest BCUT2D eigenvalue weighted by molar-refractivity contribution is 0.116. The van der Waals surface area contributed by atoms with Crippen LogP contribution in [0.1, 0.15) is 57.8 Å². The van der Waals surface area contributed by atoms with E-state index in [-0.39, 0.29) is 6.10 Å². The van der Waals surface area contributed by atoms with E-state index >= 15 is 0 Å². The Hall–Kier alpha value is -0.0800. The third-order valence-electron chi connectivity index (χ3n) is 5.03. The molecule has 0 aliphatic heterocycles. The van der Waals surface area contributed by atoms with Crippen LogP contribution in [0.2, 0.25) is 0 Å². The molecule has 3 saturated carbocycles. The summed E-state index contributed by atoms with van der Waals surface area (Å²) in [5, 5.41) is 13.7. The van der Waals surface area contributed by atoms with E-state index in [0.29, 0.717) is 11.5 Å². The zero-order valence-corrected chi connectivity index (χ0v) is 10.3. The maximum Gasteiger partial charge on any atom is 0.0693 e. The average molecular weight is 223 g/mol. The Morgan fingerprint density at radius 3 is 2.44 bits per heavy atom. The first-order chi connectivity index (χ1) is 7.80. The van der Waals surface area contributed by atoms with Crippen molar-refractivity contribution in [2.45, 2.75) is 69.9 Å². The molecule has 2 heteroatoms. The maximum absolute atomic E-state index is 10.1. The lowest BCUT2D eigenvalue weighted by atomic mass is 9.98. The Morgan fingerprint density at radius 2 is 1.75 bits per heavy atom. The summed E-state index contributed by atoms with van der Waals surface area (Å²) in [5.41, 5.74) is 0.673. The van der Waals surface area contributed by atoms with Crippen LogP contribution in [0.15, 0.2) is 0 Å². The summed E-state index contributed by atoms with van der Waals surface area (Å²) in [5.74, 6) is 1.03. The Bertz CT molecular complexity index is 245. The third-order valence-corrected chi connectivity index (χ3v) is 5.03. The molecule has 0 spiro atoms. The summed E-state index contributed by atoms with van der Waals surface area (Å²) in [6.45, 7) is 1.18. The van der Waals surface area contributed by atoms with E-state index in [1.807, 2.05) is 0 Å². The number of hydrogen-bond donors (Lipinski definition) is 2. The van der Waals surface area contributed by atoms with E-state index in [9.17, 15) is 5.11 Å². The molecule has 2 atom stereocenters. The molecular weight excluding hydrogens is 198 g/mol. The van der Waals surface area contributed by atoms with Crippen LogP contribution in [0.25, 0.3) is 0 Å². The van der Waals surface area contributed by atoms with Gasteiger partial charge in [-0.25, -0.2) is 0 Å².